The molecule has 3 aromatic carbocycles. The second-order valence-electron chi connectivity index (χ2n) is 11.0. The first kappa shape index (κ1) is 27.8. The van der Waals surface area contributed by atoms with Crippen LogP contribution in [0.4, 0.5) is 11.4 Å². The molecule has 0 saturated heterocycles. The fourth-order valence-electron chi connectivity index (χ4n) is 3.88. The molecule has 3 aromatic rings. The SMILES string of the molecule is CN(Cc1cc(C(C)(C)C)cc(C(C)(C)C)c1O)c1ccccc1N=Cc1cc(I)cc(I)c1O. The standard InChI is InChI=1S/C29H34I2N2O2/c1-28(2,3)20-12-19(26(34)22(14-20)29(4,5)6)17-33(7)25-11-9-8-10-24(25)32-16-18-13-21(30)15-23(31)27(18)35/h8-16,34-35H,17H2,1-7H3. The fourth-order valence-corrected chi connectivity index (χ4v) is 5.77. The Balaban J connectivity index is 2.00. The molecule has 0 heterocycles. The molecule has 0 aliphatic carbocycles. The van der Waals surface area contributed by atoms with Crippen molar-refractivity contribution in [2.45, 2.75) is 58.9 Å². The molecule has 0 saturated carbocycles. The largest absolute Gasteiger partial charge is 0.507 e. The van der Waals surface area contributed by atoms with Crippen LogP contribution in [-0.4, -0.2) is 23.5 Å². The maximum atomic E-state index is 11.2. The number of benzene rings is 3. The highest BCUT2D eigenvalue weighted by molar-refractivity contribution is 14.1. The van der Waals surface area contributed by atoms with E-state index >= 15 is 0 Å². The summed E-state index contributed by atoms with van der Waals surface area (Å²) in [6.07, 6.45) is 1.71. The third kappa shape index (κ3) is 6.70. The predicted molar refractivity (Wildman–Crippen MR) is 165 cm³/mol. The summed E-state index contributed by atoms with van der Waals surface area (Å²) in [5.41, 5.74) is 5.29. The van der Waals surface area contributed by atoms with E-state index in [1.54, 1.807) is 6.21 Å². The second-order valence-corrected chi connectivity index (χ2v) is 13.4. The van der Waals surface area contributed by atoms with Gasteiger partial charge in [0.05, 0.1) is 14.9 Å². The number of halogens is 2. The Hall–Kier alpha value is -1.81. The number of phenols is 2. The van der Waals surface area contributed by atoms with E-state index in [1.807, 2.05) is 43.4 Å². The molecule has 0 aromatic heterocycles. The lowest BCUT2D eigenvalue weighted by atomic mass is 9.79. The van der Waals surface area contributed by atoms with Crippen molar-refractivity contribution in [3.8, 4) is 11.5 Å². The summed E-state index contributed by atoms with van der Waals surface area (Å²) < 4.78 is 1.84. The van der Waals surface area contributed by atoms with Crippen LogP contribution in [0.5, 0.6) is 11.5 Å². The van der Waals surface area contributed by atoms with Crippen molar-refractivity contribution >= 4 is 62.8 Å². The third-order valence-electron chi connectivity index (χ3n) is 5.96. The van der Waals surface area contributed by atoms with E-state index in [-0.39, 0.29) is 16.6 Å². The molecule has 0 radical (unpaired) electrons. The lowest BCUT2D eigenvalue weighted by Crippen LogP contribution is -2.21. The number of phenolic OH excluding ortho intramolecular Hbond substituents is 2. The molecular formula is C29H34I2N2O2. The summed E-state index contributed by atoms with van der Waals surface area (Å²) in [7, 11) is 2.01. The maximum Gasteiger partial charge on any atom is 0.137 e. The van der Waals surface area contributed by atoms with E-state index in [4.69, 9.17) is 4.99 Å². The van der Waals surface area contributed by atoms with Gasteiger partial charge in [0, 0.05) is 34.5 Å². The molecule has 0 aliphatic heterocycles. The highest BCUT2D eigenvalue weighted by Crippen LogP contribution is 2.39. The van der Waals surface area contributed by atoms with Crippen LogP contribution in [0.1, 0.15) is 63.8 Å². The minimum atomic E-state index is -0.173. The van der Waals surface area contributed by atoms with Crippen LogP contribution in [0.2, 0.25) is 0 Å². The lowest BCUT2D eigenvalue weighted by Gasteiger charge is -2.29. The maximum absolute atomic E-state index is 11.2. The number of hydrogen-bond donors (Lipinski definition) is 2. The van der Waals surface area contributed by atoms with Gasteiger partial charge in [-0.1, -0.05) is 59.7 Å². The molecule has 0 amide bonds. The number of aromatic hydroxyl groups is 2. The molecule has 0 aliphatic rings. The molecule has 4 nitrogen and oxygen atoms in total. The molecule has 6 heteroatoms. The van der Waals surface area contributed by atoms with E-state index in [0.717, 1.165) is 29.6 Å². The van der Waals surface area contributed by atoms with Crippen LogP contribution in [0.25, 0.3) is 0 Å². The first-order valence-corrected chi connectivity index (χ1v) is 13.7. The van der Waals surface area contributed by atoms with E-state index < -0.39 is 0 Å². The number of nitrogens with zero attached hydrogens (tertiary/aromatic N) is 2. The van der Waals surface area contributed by atoms with E-state index in [9.17, 15) is 10.2 Å². The van der Waals surface area contributed by atoms with Crippen molar-refractivity contribution in [2.24, 2.45) is 4.99 Å². The molecule has 0 bridgehead atoms. The minimum Gasteiger partial charge on any atom is -0.507 e. The molecular weight excluding hydrogens is 662 g/mol. The number of anilines is 1. The van der Waals surface area contributed by atoms with Crippen molar-refractivity contribution in [3.05, 3.63) is 77.9 Å². The Labute approximate surface area is 236 Å². The quantitative estimate of drug-likeness (QED) is 0.209. The second kappa shape index (κ2) is 10.7. The van der Waals surface area contributed by atoms with Gasteiger partial charge in [0.2, 0.25) is 0 Å². The Morgan fingerprint density at radius 3 is 2.17 bits per heavy atom. The Bertz CT molecular complexity index is 1250. The van der Waals surface area contributed by atoms with Gasteiger partial charge in [-0.15, -0.1) is 0 Å². The van der Waals surface area contributed by atoms with Crippen molar-refractivity contribution in [2.75, 3.05) is 11.9 Å². The van der Waals surface area contributed by atoms with Gasteiger partial charge in [-0.3, -0.25) is 4.99 Å². The zero-order valence-corrected chi connectivity index (χ0v) is 25.8. The number of para-hydroxylation sites is 2. The number of aliphatic imine (C=N–C) groups is 1. The molecule has 0 fully saturated rings. The summed E-state index contributed by atoms with van der Waals surface area (Å²) in [5.74, 6) is 0.593. The molecule has 2 N–H and O–H groups in total. The number of hydrogen-bond acceptors (Lipinski definition) is 4. The summed E-state index contributed by atoms with van der Waals surface area (Å²) in [5, 5.41) is 21.7. The van der Waals surface area contributed by atoms with Crippen LogP contribution in [0, 0.1) is 7.14 Å². The molecule has 0 unspecified atom stereocenters. The van der Waals surface area contributed by atoms with Crippen LogP contribution in [-0.2, 0) is 17.4 Å². The van der Waals surface area contributed by atoms with Gasteiger partial charge >= 0.3 is 0 Å². The van der Waals surface area contributed by atoms with Gasteiger partial charge < -0.3 is 15.1 Å². The highest BCUT2D eigenvalue weighted by Gasteiger charge is 2.25. The number of rotatable bonds is 5. The van der Waals surface area contributed by atoms with Crippen molar-refractivity contribution in [3.63, 3.8) is 0 Å². The first-order valence-electron chi connectivity index (χ1n) is 11.6. The molecule has 0 atom stereocenters. The zero-order chi connectivity index (χ0) is 26.1. The summed E-state index contributed by atoms with van der Waals surface area (Å²) in [6, 6.07) is 16.0. The average molecular weight is 696 g/mol. The van der Waals surface area contributed by atoms with Gasteiger partial charge in [-0.25, -0.2) is 0 Å². The summed E-state index contributed by atoms with van der Waals surface area (Å²) in [6.45, 7) is 13.5. The van der Waals surface area contributed by atoms with E-state index in [0.29, 0.717) is 17.9 Å². The molecule has 0 spiro atoms. The summed E-state index contributed by atoms with van der Waals surface area (Å²) >= 11 is 4.37. The van der Waals surface area contributed by atoms with Crippen molar-refractivity contribution < 1.29 is 10.2 Å². The van der Waals surface area contributed by atoms with Crippen LogP contribution >= 0.6 is 45.2 Å². The molecule has 35 heavy (non-hydrogen) atoms. The highest BCUT2D eigenvalue weighted by atomic mass is 127. The smallest absolute Gasteiger partial charge is 0.137 e. The van der Waals surface area contributed by atoms with Crippen molar-refractivity contribution in [1.82, 2.24) is 0 Å². The zero-order valence-electron chi connectivity index (χ0n) is 21.4. The lowest BCUT2D eigenvalue weighted by molar-refractivity contribution is 0.437. The van der Waals surface area contributed by atoms with Gasteiger partial charge in [0.25, 0.3) is 0 Å². The monoisotopic (exact) mass is 696 g/mol. The third-order valence-corrected chi connectivity index (χ3v) is 7.41. The summed E-state index contributed by atoms with van der Waals surface area (Å²) in [4.78, 5) is 6.83. The van der Waals surface area contributed by atoms with Gasteiger partial charge in [-0.05, 0) is 97.5 Å². The van der Waals surface area contributed by atoms with Gasteiger partial charge in [0.15, 0.2) is 0 Å². The molecule has 3 rings (SSSR count). The average Bonchev–Trinajstić information content (AvgIpc) is 2.75. The van der Waals surface area contributed by atoms with Gasteiger partial charge in [0.1, 0.15) is 11.5 Å². The van der Waals surface area contributed by atoms with Crippen LogP contribution in [0.15, 0.2) is 53.5 Å². The minimum absolute atomic E-state index is 0.0318. The Morgan fingerprint density at radius 2 is 1.54 bits per heavy atom. The van der Waals surface area contributed by atoms with E-state index in [1.165, 1.54) is 5.56 Å². The Morgan fingerprint density at radius 1 is 0.886 bits per heavy atom. The van der Waals surface area contributed by atoms with E-state index in [2.05, 4.69) is 104 Å². The van der Waals surface area contributed by atoms with Gasteiger partial charge in [-0.2, -0.15) is 0 Å². The fraction of sp³-hybridized carbons (Fsp3) is 0.345. The van der Waals surface area contributed by atoms with Crippen LogP contribution < -0.4 is 4.90 Å². The molecule has 186 valence electrons. The van der Waals surface area contributed by atoms with Crippen molar-refractivity contribution in [1.29, 1.82) is 0 Å². The predicted octanol–water partition coefficient (Wildman–Crippen LogP) is 8.29. The Kier molecular flexibility index (Phi) is 8.46. The van der Waals surface area contributed by atoms with Crippen LogP contribution in [0.3, 0.4) is 0 Å². The topological polar surface area (TPSA) is 56.1 Å². The normalized spacial score (nSPS) is 12.4. The first-order chi connectivity index (χ1) is 16.2.